The molecular formula is C12H9F3N4S. The Hall–Kier alpha value is -2.14. The lowest BCUT2D eigenvalue weighted by molar-refractivity contribution is -0.141. The minimum atomic E-state index is -4.56. The van der Waals surface area contributed by atoms with Gasteiger partial charge < -0.3 is 5.32 Å². The van der Waals surface area contributed by atoms with Crippen LogP contribution in [0.2, 0.25) is 0 Å². The van der Waals surface area contributed by atoms with Gasteiger partial charge in [0.2, 0.25) is 0 Å². The molecule has 2 heterocycles. The van der Waals surface area contributed by atoms with Crippen molar-refractivity contribution in [2.75, 3.05) is 5.32 Å². The highest BCUT2D eigenvalue weighted by Gasteiger charge is 2.33. The maximum atomic E-state index is 12.6. The third-order valence-corrected chi connectivity index (χ3v) is 3.55. The third kappa shape index (κ3) is 2.88. The molecule has 2 aromatic heterocycles. The van der Waals surface area contributed by atoms with E-state index >= 15 is 0 Å². The summed E-state index contributed by atoms with van der Waals surface area (Å²) in [6, 6.07) is 3.67. The number of nitriles is 1. The summed E-state index contributed by atoms with van der Waals surface area (Å²) in [5.74, 6) is -0.143. The summed E-state index contributed by atoms with van der Waals surface area (Å²) < 4.78 is 37.9. The van der Waals surface area contributed by atoms with Crippen LogP contribution in [-0.4, -0.2) is 9.97 Å². The van der Waals surface area contributed by atoms with Gasteiger partial charge in [0.25, 0.3) is 0 Å². The Morgan fingerprint density at radius 1 is 1.25 bits per heavy atom. The Labute approximate surface area is 116 Å². The van der Waals surface area contributed by atoms with Crippen LogP contribution in [0.3, 0.4) is 0 Å². The van der Waals surface area contributed by atoms with Crippen LogP contribution in [0.1, 0.15) is 21.8 Å². The standard InChI is InChI=1S/C12H9F3N4S/c1-6-7(2)20-11(17-6)19-10-8(5-16)3-4-9(18-10)12(13,14)15/h3-4H,1-2H3,(H,17,18,19). The number of nitrogens with one attached hydrogen (secondary N) is 1. The normalized spacial score (nSPS) is 11.2. The molecule has 0 aliphatic rings. The number of anilines is 2. The maximum absolute atomic E-state index is 12.6. The van der Waals surface area contributed by atoms with E-state index in [1.54, 1.807) is 13.0 Å². The van der Waals surface area contributed by atoms with Crippen molar-refractivity contribution in [3.63, 3.8) is 0 Å². The number of halogens is 3. The lowest BCUT2D eigenvalue weighted by atomic mass is 10.2. The second-order valence-corrected chi connectivity index (χ2v) is 5.19. The van der Waals surface area contributed by atoms with E-state index in [2.05, 4.69) is 15.3 Å². The Morgan fingerprint density at radius 3 is 2.45 bits per heavy atom. The van der Waals surface area contributed by atoms with Crippen molar-refractivity contribution in [2.24, 2.45) is 0 Å². The molecule has 0 saturated heterocycles. The fourth-order valence-corrected chi connectivity index (χ4v) is 2.24. The van der Waals surface area contributed by atoms with Gasteiger partial charge in [-0.25, -0.2) is 9.97 Å². The SMILES string of the molecule is Cc1nc(Nc2nc(C(F)(F)F)ccc2C#N)sc1C. The molecule has 0 amide bonds. The molecule has 8 heteroatoms. The topological polar surface area (TPSA) is 61.6 Å². The fraction of sp³-hybridized carbons (Fsp3) is 0.250. The molecule has 0 bridgehead atoms. The van der Waals surface area contributed by atoms with Crippen LogP contribution >= 0.6 is 11.3 Å². The van der Waals surface area contributed by atoms with E-state index in [4.69, 9.17) is 5.26 Å². The van der Waals surface area contributed by atoms with E-state index in [1.807, 2.05) is 6.92 Å². The molecule has 0 aromatic carbocycles. The quantitative estimate of drug-likeness (QED) is 0.916. The highest BCUT2D eigenvalue weighted by molar-refractivity contribution is 7.15. The second-order valence-electron chi connectivity index (χ2n) is 3.99. The molecule has 0 radical (unpaired) electrons. The highest BCUT2D eigenvalue weighted by atomic mass is 32.1. The molecule has 0 fully saturated rings. The van der Waals surface area contributed by atoms with Crippen molar-refractivity contribution in [3.05, 3.63) is 34.0 Å². The van der Waals surface area contributed by atoms with Crippen molar-refractivity contribution in [2.45, 2.75) is 20.0 Å². The zero-order valence-electron chi connectivity index (χ0n) is 10.5. The van der Waals surface area contributed by atoms with Crippen LogP contribution < -0.4 is 5.32 Å². The van der Waals surface area contributed by atoms with Gasteiger partial charge in [0, 0.05) is 4.88 Å². The summed E-state index contributed by atoms with van der Waals surface area (Å²) in [7, 11) is 0. The van der Waals surface area contributed by atoms with Gasteiger partial charge in [-0.2, -0.15) is 18.4 Å². The van der Waals surface area contributed by atoms with Gasteiger partial charge in [0.15, 0.2) is 10.9 Å². The van der Waals surface area contributed by atoms with Crippen molar-refractivity contribution in [1.29, 1.82) is 5.26 Å². The molecule has 0 saturated carbocycles. The first kappa shape index (κ1) is 14.3. The predicted molar refractivity (Wildman–Crippen MR) is 68.8 cm³/mol. The van der Waals surface area contributed by atoms with Crippen molar-refractivity contribution >= 4 is 22.3 Å². The van der Waals surface area contributed by atoms with Gasteiger partial charge in [-0.15, -0.1) is 11.3 Å². The van der Waals surface area contributed by atoms with Crippen LogP contribution in [0.25, 0.3) is 0 Å². The van der Waals surface area contributed by atoms with Crippen LogP contribution in [0.4, 0.5) is 24.1 Å². The fourth-order valence-electron chi connectivity index (χ4n) is 1.43. The molecule has 1 N–H and O–H groups in total. The molecule has 104 valence electrons. The summed E-state index contributed by atoms with van der Waals surface area (Å²) in [4.78, 5) is 8.55. The van der Waals surface area contributed by atoms with Crippen LogP contribution in [0, 0.1) is 25.2 Å². The number of aryl methyl sites for hydroxylation is 2. The van der Waals surface area contributed by atoms with Crippen LogP contribution in [0.5, 0.6) is 0 Å². The number of alkyl halides is 3. The summed E-state index contributed by atoms with van der Waals surface area (Å²) in [5, 5.41) is 12.0. The monoisotopic (exact) mass is 298 g/mol. The predicted octanol–water partition coefficient (Wildman–Crippen LogP) is 3.79. The van der Waals surface area contributed by atoms with Crippen molar-refractivity contribution < 1.29 is 13.2 Å². The molecule has 0 aliphatic carbocycles. The van der Waals surface area contributed by atoms with E-state index in [1.165, 1.54) is 11.3 Å². The van der Waals surface area contributed by atoms with Crippen molar-refractivity contribution in [1.82, 2.24) is 9.97 Å². The number of pyridine rings is 1. The molecule has 0 spiro atoms. The number of thiazole rings is 1. The summed E-state index contributed by atoms with van der Waals surface area (Å²) in [5.41, 5.74) is -0.240. The first-order valence-electron chi connectivity index (χ1n) is 5.50. The molecule has 0 aliphatic heterocycles. The minimum Gasteiger partial charge on any atom is -0.315 e. The Morgan fingerprint density at radius 2 is 1.95 bits per heavy atom. The molecule has 4 nitrogen and oxygen atoms in total. The number of hydrogen-bond acceptors (Lipinski definition) is 5. The van der Waals surface area contributed by atoms with Crippen LogP contribution in [0.15, 0.2) is 12.1 Å². The van der Waals surface area contributed by atoms with E-state index in [-0.39, 0.29) is 11.4 Å². The van der Waals surface area contributed by atoms with Gasteiger partial charge in [-0.05, 0) is 26.0 Å². The Kier molecular flexibility index (Phi) is 3.63. The number of nitrogens with zero attached hydrogens (tertiary/aromatic N) is 3. The average molecular weight is 298 g/mol. The molecule has 0 unspecified atom stereocenters. The first-order valence-corrected chi connectivity index (χ1v) is 6.32. The summed E-state index contributed by atoms with van der Waals surface area (Å²) >= 11 is 1.29. The maximum Gasteiger partial charge on any atom is 0.433 e. The summed E-state index contributed by atoms with van der Waals surface area (Å²) in [6.07, 6.45) is -4.56. The van der Waals surface area contributed by atoms with E-state index in [9.17, 15) is 13.2 Å². The molecule has 20 heavy (non-hydrogen) atoms. The third-order valence-electron chi connectivity index (χ3n) is 2.56. The van der Waals surface area contributed by atoms with Gasteiger partial charge >= 0.3 is 6.18 Å². The van der Waals surface area contributed by atoms with Gasteiger partial charge in [0.05, 0.1) is 11.3 Å². The number of rotatable bonds is 2. The van der Waals surface area contributed by atoms with Crippen LogP contribution in [-0.2, 0) is 6.18 Å². The minimum absolute atomic E-state index is 0.0310. The van der Waals surface area contributed by atoms with Gasteiger partial charge in [0.1, 0.15) is 11.8 Å². The Balaban J connectivity index is 2.41. The number of aromatic nitrogens is 2. The van der Waals surface area contributed by atoms with Gasteiger partial charge in [-0.3, -0.25) is 0 Å². The van der Waals surface area contributed by atoms with E-state index < -0.39 is 11.9 Å². The molecule has 2 rings (SSSR count). The van der Waals surface area contributed by atoms with Gasteiger partial charge in [-0.1, -0.05) is 0 Å². The summed E-state index contributed by atoms with van der Waals surface area (Å²) in [6.45, 7) is 3.64. The number of hydrogen-bond donors (Lipinski definition) is 1. The lowest BCUT2D eigenvalue weighted by Crippen LogP contribution is -2.10. The molecular weight excluding hydrogens is 289 g/mol. The smallest absolute Gasteiger partial charge is 0.315 e. The lowest BCUT2D eigenvalue weighted by Gasteiger charge is -2.09. The van der Waals surface area contributed by atoms with Crippen molar-refractivity contribution in [3.8, 4) is 6.07 Å². The van der Waals surface area contributed by atoms with E-state index in [0.717, 1.165) is 22.7 Å². The highest BCUT2D eigenvalue weighted by Crippen LogP contribution is 2.31. The Bertz CT molecular complexity index is 665. The first-order chi connectivity index (χ1) is 9.31. The second kappa shape index (κ2) is 5.09. The molecule has 2 aromatic rings. The average Bonchev–Trinajstić information content (AvgIpc) is 2.67. The largest absolute Gasteiger partial charge is 0.433 e. The zero-order valence-corrected chi connectivity index (χ0v) is 11.4. The zero-order chi connectivity index (χ0) is 14.9. The molecule has 0 atom stereocenters. The van der Waals surface area contributed by atoms with E-state index in [0.29, 0.717) is 5.13 Å².